The van der Waals surface area contributed by atoms with Crippen LogP contribution in [0.4, 0.5) is 0 Å². The maximum atomic E-state index is 12.0. The summed E-state index contributed by atoms with van der Waals surface area (Å²) in [4.78, 5) is 13.9. The van der Waals surface area contributed by atoms with Crippen LogP contribution in [0.2, 0.25) is 0 Å². The summed E-state index contributed by atoms with van der Waals surface area (Å²) in [7, 11) is 1.91. The van der Waals surface area contributed by atoms with E-state index in [0.717, 1.165) is 25.9 Å². The number of hydrogen-bond acceptors (Lipinski definition) is 5. The summed E-state index contributed by atoms with van der Waals surface area (Å²) in [5, 5.41) is 13.8. The molecule has 2 rings (SSSR count). The molecule has 0 aliphatic carbocycles. The van der Waals surface area contributed by atoms with Crippen molar-refractivity contribution in [1.82, 2.24) is 30.4 Å². The zero-order valence-electron chi connectivity index (χ0n) is 9.33. The zero-order chi connectivity index (χ0) is 11.4. The van der Waals surface area contributed by atoms with Crippen LogP contribution in [0, 0.1) is 0 Å². The standard InChI is InChI=1S/C9H16N6O/c1-10-5-8-3-2-4-15(8)9(16)6-14-7-11-12-13-14/h7-8,10H,2-6H2,1H3. The molecule has 1 amide bonds. The molecule has 1 saturated heterocycles. The lowest BCUT2D eigenvalue weighted by Crippen LogP contribution is -2.42. The molecule has 1 aromatic heterocycles. The zero-order valence-corrected chi connectivity index (χ0v) is 9.33. The van der Waals surface area contributed by atoms with E-state index in [1.807, 2.05) is 11.9 Å². The molecule has 0 bridgehead atoms. The largest absolute Gasteiger partial charge is 0.337 e. The first-order valence-corrected chi connectivity index (χ1v) is 5.46. The van der Waals surface area contributed by atoms with E-state index in [-0.39, 0.29) is 12.5 Å². The van der Waals surface area contributed by atoms with Crippen molar-refractivity contribution in [2.24, 2.45) is 0 Å². The first-order chi connectivity index (χ1) is 7.81. The average Bonchev–Trinajstić information content (AvgIpc) is 2.89. The second-order valence-corrected chi connectivity index (χ2v) is 3.95. The van der Waals surface area contributed by atoms with Crippen LogP contribution in [0.3, 0.4) is 0 Å². The normalized spacial score (nSPS) is 20.3. The topological polar surface area (TPSA) is 75.9 Å². The first-order valence-electron chi connectivity index (χ1n) is 5.46. The maximum absolute atomic E-state index is 12.0. The molecule has 88 valence electrons. The Balaban J connectivity index is 1.93. The lowest BCUT2D eigenvalue weighted by molar-refractivity contribution is -0.132. The van der Waals surface area contributed by atoms with Gasteiger partial charge in [-0.1, -0.05) is 0 Å². The van der Waals surface area contributed by atoms with E-state index >= 15 is 0 Å². The van der Waals surface area contributed by atoms with Crippen LogP contribution in [-0.4, -0.2) is 57.2 Å². The predicted octanol–water partition coefficient (Wildman–Crippen LogP) is -1.12. The number of carbonyl (C=O) groups excluding carboxylic acids is 1. The molecule has 1 unspecified atom stereocenters. The number of rotatable bonds is 4. The highest BCUT2D eigenvalue weighted by atomic mass is 16.2. The van der Waals surface area contributed by atoms with Crippen LogP contribution in [0.1, 0.15) is 12.8 Å². The SMILES string of the molecule is CNCC1CCCN1C(=O)Cn1cnnn1. The van der Waals surface area contributed by atoms with Gasteiger partial charge in [-0.2, -0.15) is 0 Å². The Kier molecular flexibility index (Phi) is 3.45. The van der Waals surface area contributed by atoms with E-state index in [1.165, 1.54) is 11.0 Å². The first kappa shape index (κ1) is 11.0. The molecule has 1 fully saturated rings. The van der Waals surface area contributed by atoms with Crippen LogP contribution in [0.5, 0.6) is 0 Å². The van der Waals surface area contributed by atoms with E-state index < -0.39 is 0 Å². The summed E-state index contributed by atoms with van der Waals surface area (Å²) in [5.74, 6) is 0.0880. The Hall–Kier alpha value is -1.50. The van der Waals surface area contributed by atoms with Gasteiger partial charge in [0.05, 0.1) is 0 Å². The third-order valence-electron chi connectivity index (χ3n) is 2.83. The average molecular weight is 224 g/mol. The number of amides is 1. The van der Waals surface area contributed by atoms with Crippen molar-refractivity contribution in [2.75, 3.05) is 20.1 Å². The van der Waals surface area contributed by atoms with Gasteiger partial charge in [0.1, 0.15) is 12.9 Å². The van der Waals surface area contributed by atoms with Gasteiger partial charge in [-0.05, 0) is 30.3 Å². The summed E-state index contributed by atoms with van der Waals surface area (Å²) in [6, 6.07) is 0.314. The molecule has 16 heavy (non-hydrogen) atoms. The van der Waals surface area contributed by atoms with Crippen molar-refractivity contribution in [3.05, 3.63) is 6.33 Å². The summed E-state index contributed by atoms with van der Waals surface area (Å²) >= 11 is 0. The Morgan fingerprint density at radius 2 is 2.50 bits per heavy atom. The molecule has 1 aliphatic rings. The molecule has 1 atom stereocenters. The van der Waals surface area contributed by atoms with Crippen molar-refractivity contribution in [3.8, 4) is 0 Å². The van der Waals surface area contributed by atoms with Crippen molar-refractivity contribution in [3.63, 3.8) is 0 Å². The molecule has 1 aliphatic heterocycles. The predicted molar refractivity (Wildman–Crippen MR) is 56.5 cm³/mol. The highest BCUT2D eigenvalue weighted by molar-refractivity contribution is 5.76. The Labute approximate surface area is 93.8 Å². The molecule has 0 radical (unpaired) electrons. The van der Waals surface area contributed by atoms with E-state index in [1.54, 1.807) is 0 Å². The van der Waals surface area contributed by atoms with Crippen molar-refractivity contribution < 1.29 is 4.79 Å². The van der Waals surface area contributed by atoms with Gasteiger partial charge < -0.3 is 10.2 Å². The quantitative estimate of drug-likeness (QED) is 0.701. The smallest absolute Gasteiger partial charge is 0.244 e. The van der Waals surface area contributed by atoms with Gasteiger partial charge in [0, 0.05) is 19.1 Å². The molecule has 7 nitrogen and oxygen atoms in total. The number of nitrogens with zero attached hydrogens (tertiary/aromatic N) is 5. The second kappa shape index (κ2) is 5.02. The van der Waals surface area contributed by atoms with Crippen LogP contribution in [0.15, 0.2) is 6.33 Å². The lowest BCUT2D eigenvalue weighted by atomic mass is 10.2. The third kappa shape index (κ3) is 2.35. The van der Waals surface area contributed by atoms with Gasteiger partial charge in [0.25, 0.3) is 0 Å². The number of aromatic nitrogens is 4. The van der Waals surface area contributed by atoms with Gasteiger partial charge in [0.15, 0.2) is 0 Å². The molecule has 1 aromatic rings. The number of hydrogen-bond donors (Lipinski definition) is 1. The van der Waals surface area contributed by atoms with Gasteiger partial charge in [0.2, 0.25) is 5.91 Å². The summed E-state index contributed by atoms with van der Waals surface area (Å²) in [6.07, 6.45) is 3.61. The van der Waals surface area contributed by atoms with Crippen LogP contribution >= 0.6 is 0 Å². The monoisotopic (exact) mass is 224 g/mol. The number of likely N-dealkylation sites (tertiary alicyclic amines) is 1. The Bertz CT molecular complexity index is 338. The van der Waals surface area contributed by atoms with Crippen LogP contribution in [-0.2, 0) is 11.3 Å². The summed E-state index contributed by atoms with van der Waals surface area (Å²) in [6.45, 7) is 1.92. The van der Waals surface area contributed by atoms with Crippen LogP contribution in [0.25, 0.3) is 0 Å². The van der Waals surface area contributed by atoms with Gasteiger partial charge in [-0.15, -0.1) is 5.10 Å². The molecule has 0 saturated carbocycles. The molecule has 2 heterocycles. The Morgan fingerprint density at radius 3 is 3.19 bits per heavy atom. The Morgan fingerprint density at radius 1 is 1.62 bits per heavy atom. The fraction of sp³-hybridized carbons (Fsp3) is 0.778. The van der Waals surface area contributed by atoms with Gasteiger partial charge in [-0.3, -0.25) is 4.79 Å². The minimum Gasteiger partial charge on any atom is -0.337 e. The van der Waals surface area contributed by atoms with Gasteiger partial charge >= 0.3 is 0 Å². The summed E-state index contributed by atoms with van der Waals surface area (Å²) < 4.78 is 1.46. The minimum atomic E-state index is 0.0880. The third-order valence-corrected chi connectivity index (χ3v) is 2.83. The second-order valence-electron chi connectivity index (χ2n) is 3.95. The number of tetrazole rings is 1. The molecular weight excluding hydrogens is 208 g/mol. The maximum Gasteiger partial charge on any atom is 0.244 e. The molecule has 0 spiro atoms. The summed E-state index contributed by atoms with van der Waals surface area (Å²) in [5.41, 5.74) is 0. The van der Waals surface area contributed by atoms with E-state index in [4.69, 9.17) is 0 Å². The lowest BCUT2D eigenvalue weighted by Gasteiger charge is -2.24. The number of nitrogens with one attached hydrogen (secondary N) is 1. The molecule has 7 heteroatoms. The van der Waals surface area contributed by atoms with Crippen molar-refractivity contribution >= 4 is 5.91 Å². The van der Waals surface area contributed by atoms with Crippen LogP contribution < -0.4 is 5.32 Å². The highest BCUT2D eigenvalue weighted by Crippen LogP contribution is 2.16. The fourth-order valence-electron chi connectivity index (χ4n) is 2.09. The molecule has 1 N–H and O–H groups in total. The van der Waals surface area contributed by atoms with E-state index in [0.29, 0.717) is 6.04 Å². The number of likely N-dealkylation sites (N-methyl/N-ethyl adjacent to an activating group) is 1. The minimum absolute atomic E-state index is 0.0880. The van der Waals surface area contributed by atoms with Crippen molar-refractivity contribution in [2.45, 2.75) is 25.4 Å². The van der Waals surface area contributed by atoms with Crippen molar-refractivity contribution in [1.29, 1.82) is 0 Å². The number of carbonyl (C=O) groups is 1. The van der Waals surface area contributed by atoms with E-state index in [9.17, 15) is 4.79 Å². The van der Waals surface area contributed by atoms with Gasteiger partial charge in [-0.25, -0.2) is 4.68 Å². The molecule has 0 aromatic carbocycles. The van der Waals surface area contributed by atoms with E-state index in [2.05, 4.69) is 20.8 Å². The molecular formula is C9H16N6O. The highest BCUT2D eigenvalue weighted by Gasteiger charge is 2.28. The fourth-order valence-corrected chi connectivity index (χ4v) is 2.09.